The van der Waals surface area contributed by atoms with E-state index >= 15 is 0 Å². The number of piperazine rings is 1. The molecular formula is C22H31FN6S. The molecule has 1 aliphatic heterocycles. The first-order chi connectivity index (χ1) is 14.6. The van der Waals surface area contributed by atoms with Crippen molar-refractivity contribution in [3.05, 3.63) is 54.0 Å². The molecule has 0 amide bonds. The van der Waals surface area contributed by atoms with Gasteiger partial charge in [-0.3, -0.25) is 4.99 Å². The van der Waals surface area contributed by atoms with Crippen LogP contribution < -0.4 is 15.5 Å². The fourth-order valence-corrected chi connectivity index (χ4v) is 4.00. The fraction of sp³-hybridized carbons (Fsp3) is 0.455. The Bertz CT molecular complexity index is 788. The Morgan fingerprint density at radius 2 is 1.87 bits per heavy atom. The molecule has 30 heavy (non-hydrogen) atoms. The standard InChI is InChI=1S/C22H31FN6S/c1-24-22(25-10-3-15-30-20-7-5-19(23)6-8-20)27-17-18-4-9-21(26-16-18)29-13-11-28(2)12-14-29/h4-9,16H,3,10-15,17H2,1-2H3,(H2,24,25,27). The van der Waals surface area contributed by atoms with Crippen LogP contribution in [0, 0.1) is 5.82 Å². The van der Waals surface area contributed by atoms with Crippen molar-refractivity contribution in [3.8, 4) is 0 Å². The van der Waals surface area contributed by atoms with Crippen LogP contribution in [-0.2, 0) is 6.54 Å². The molecule has 1 saturated heterocycles. The lowest BCUT2D eigenvalue weighted by atomic mass is 10.2. The van der Waals surface area contributed by atoms with Crippen LogP contribution in [0.2, 0.25) is 0 Å². The molecule has 0 atom stereocenters. The van der Waals surface area contributed by atoms with Crippen LogP contribution in [0.4, 0.5) is 10.2 Å². The third-order valence-electron chi connectivity index (χ3n) is 5.02. The monoisotopic (exact) mass is 430 g/mol. The summed E-state index contributed by atoms with van der Waals surface area (Å²) in [5, 5.41) is 6.67. The van der Waals surface area contributed by atoms with Crippen molar-refractivity contribution in [1.82, 2.24) is 20.5 Å². The second-order valence-electron chi connectivity index (χ2n) is 7.32. The second-order valence-corrected chi connectivity index (χ2v) is 8.49. The van der Waals surface area contributed by atoms with Crippen molar-refractivity contribution in [3.63, 3.8) is 0 Å². The van der Waals surface area contributed by atoms with Crippen LogP contribution in [0.5, 0.6) is 0 Å². The summed E-state index contributed by atoms with van der Waals surface area (Å²) >= 11 is 1.73. The Morgan fingerprint density at radius 3 is 2.53 bits per heavy atom. The van der Waals surface area contributed by atoms with E-state index in [4.69, 9.17) is 0 Å². The maximum Gasteiger partial charge on any atom is 0.191 e. The van der Waals surface area contributed by atoms with Gasteiger partial charge in [0.1, 0.15) is 11.6 Å². The average molecular weight is 431 g/mol. The van der Waals surface area contributed by atoms with Gasteiger partial charge in [-0.1, -0.05) is 6.07 Å². The van der Waals surface area contributed by atoms with E-state index in [0.29, 0.717) is 6.54 Å². The Kier molecular flexibility index (Phi) is 8.77. The van der Waals surface area contributed by atoms with E-state index in [-0.39, 0.29) is 5.82 Å². The van der Waals surface area contributed by atoms with E-state index in [1.54, 1.807) is 18.8 Å². The molecule has 0 aliphatic carbocycles. The topological polar surface area (TPSA) is 55.8 Å². The third kappa shape index (κ3) is 7.18. The van der Waals surface area contributed by atoms with E-state index < -0.39 is 0 Å². The summed E-state index contributed by atoms with van der Waals surface area (Å²) in [7, 11) is 3.93. The summed E-state index contributed by atoms with van der Waals surface area (Å²) < 4.78 is 12.9. The van der Waals surface area contributed by atoms with Gasteiger partial charge in [-0.2, -0.15) is 0 Å². The SMILES string of the molecule is CN=C(NCCCSc1ccc(F)cc1)NCc1ccc(N2CCN(C)CC2)nc1. The first-order valence-corrected chi connectivity index (χ1v) is 11.3. The number of pyridine rings is 1. The fourth-order valence-electron chi connectivity index (χ4n) is 3.15. The minimum atomic E-state index is -0.194. The lowest BCUT2D eigenvalue weighted by Gasteiger charge is -2.33. The number of aliphatic imine (C=N–C) groups is 1. The highest BCUT2D eigenvalue weighted by Gasteiger charge is 2.14. The summed E-state index contributed by atoms with van der Waals surface area (Å²) in [6.07, 6.45) is 2.93. The summed E-state index contributed by atoms with van der Waals surface area (Å²) in [6.45, 7) is 5.72. The van der Waals surface area contributed by atoms with Gasteiger partial charge in [-0.25, -0.2) is 9.37 Å². The van der Waals surface area contributed by atoms with Crippen LogP contribution in [0.25, 0.3) is 0 Å². The Morgan fingerprint density at radius 1 is 1.10 bits per heavy atom. The molecule has 2 heterocycles. The van der Waals surface area contributed by atoms with Crippen LogP contribution in [0.3, 0.4) is 0 Å². The van der Waals surface area contributed by atoms with Gasteiger partial charge < -0.3 is 20.4 Å². The number of anilines is 1. The zero-order chi connectivity index (χ0) is 21.2. The van der Waals surface area contributed by atoms with Gasteiger partial charge in [0.05, 0.1) is 0 Å². The predicted octanol–water partition coefficient (Wildman–Crippen LogP) is 2.82. The van der Waals surface area contributed by atoms with E-state index in [2.05, 4.69) is 49.6 Å². The van der Waals surface area contributed by atoms with Gasteiger partial charge in [0, 0.05) is 57.4 Å². The first-order valence-electron chi connectivity index (χ1n) is 10.4. The highest BCUT2D eigenvalue weighted by molar-refractivity contribution is 7.99. The molecule has 0 spiro atoms. The molecule has 2 N–H and O–H groups in total. The second kappa shape index (κ2) is 11.8. The molecule has 2 aromatic rings. The molecular weight excluding hydrogens is 399 g/mol. The Hall–Kier alpha value is -2.32. The smallest absolute Gasteiger partial charge is 0.191 e. The van der Waals surface area contributed by atoms with Gasteiger partial charge in [-0.05, 0) is 55.1 Å². The number of nitrogens with one attached hydrogen (secondary N) is 2. The highest BCUT2D eigenvalue weighted by atomic mass is 32.2. The van der Waals surface area contributed by atoms with Crippen molar-refractivity contribution >= 4 is 23.5 Å². The van der Waals surface area contributed by atoms with Crippen LogP contribution >= 0.6 is 11.8 Å². The molecule has 1 aromatic heterocycles. The van der Waals surface area contributed by atoms with E-state index in [0.717, 1.165) is 67.1 Å². The lowest BCUT2D eigenvalue weighted by molar-refractivity contribution is 0.312. The van der Waals surface area contributed by atoms with Gasteiger partial charge in [0.2, 0.25) is 0 Å². The third-order valence-corrected chi connectivity index (χ3v) is 6.11. The molecule has 0 radical (unpaired) electrons. The van der Waals surface area contributed by atoms with Crippen molar-refractivity contribution in [2.75, 3.05) is 57.5 Å². The number of thioether (sulfide) groups is 1. The molecule has 1 fully saturated rings. The molecule has 1 aromatic carbocycles. The van der Waals surface area contributed by atoms with Crippen LogP contribution in [0.15, 0.2) is 52.5 Å². The first kappa shape index (κ1) is 22.4. The van der Waals surface area contributed by atoms with E-state index in [9.17, 15) is 4.39 Å². The molecule has 8 heteroatoms. The minimum Gasteiger partial charge on any atom is -0.356 e. The number of guanidine groups is 1. The van der Waals surface area contributed by atoms with Crippen LogP contribution in [-0.4, -0.2) is 68.4 Å². The lowest BCUT2D eigenvalue weighted by Crippen LogP contribution is -2.44. The normalized spacial score (nSPS) is 15.3. The molecule has 3 rings (SSSR count). The zero-order valence-corrected chi connectivity index (χ0v) is 18.6. The van der Waals surface area contributed by atoms with E-state index in [1.165, 1.54) is 12.1 Å². The average Bonchev–Trinajstić information content (AvgIpc) is 2.78. The van der Waals surface area contributed by atoms with Crippen molar-refractivity contribution < 1.29 is 4.39 Å². The number of likely N-dealkylation sites (N-methyl/N-ethyl adjacent to an activating group) is 1. The molecule has 0 bridgehead atoms. The number of nitrogens with zero attached hydrogens (tertiary/aromatic N) is 4. The molecule has 6 nitrogen and oxygen atoms in total. The number of benzene rings is 1. The van der Waals surface area contributed by atoms with Gasteiger partial charge in [0.25, 0.3) is 0 Å². The zero-order valence-electron chi connectivity index (χ0n) is 17.8. The van der Waals surface area contributed by atoms with Gasteiger partial charge >= 0.3 is 0 Å². The van der Waals surface area contributed by atoms with Crippen LogP contribution in [0.1, 0.15) is 12.0 Å². The summed E-state index contributed by atoms with van der Waals surface area (Å²) in [4.78, 5) is 14.7. The highest BCUT2D eigenvalue weighted by Crippen LogP contribution is 2.18. The molecule has 1 aliphatic rings. The number of hydrogen-bond acceptors (Lipinski definition) is 5. The quantitative estimate of drug-likeness (QED) is 0.291. The number of rotatable bonds is 8. The predicted molar refractivity (Wildman–Crippen MR) is 124 cm³/mol. The van der Waals surface area contributed by atoms with Crippen molar-refractivity contribution in [2.24, 2.45) is 4.99 Å². The summed E-state index contributed by atoms with van der Waals surface area (Å²) in [6, 6.07) is 10.9. The van der Waals surface area contributed by atoms with Gasteiger partial charge in [0.15, 0.2) is 5.96 Å². The van der Waals surface area contributed by atoms with Crippen molar-refractivity contribution in [1.29, 1.82) is 0 Å². The van der Waals surface area contributed by atoms with Crippen molar-refractivity contribution in [2.45, 2.75) is 17.9 Å². The molecule has 0 saturated carbocycles. The Labute approximate surface area is 183 Å². The molecule has 0 unspecified atom stereocenters. The number of hydrogen-bond donors (Lipinski definition) is 2. The Balaban J connectivity index is 1.34. The maximum absolute atomic E-state index is 12.9. The van der Waals surface area contributed by atoms with E-state index in [1.807, 2.05) is 18.3 Å². The minimum absolute atomic E-state index is 0.194. The number of aromatic nitrogens is 1. The van der Waals surface area contributed by atoms with Gasteiger partial charge in [-0.15, -0.1) is 11.8 Å². The maximum atomic E-state index is 12.9. The summed E-state index contributed by atoms with van der Waals surface area (Å²) in [5.41, 5.74) is 1.13. The number of halogens is 1. The largest absolute Gasteiger partial charge is 0.356 e. The summed E-state index contributed by atoms with van der Waals surface area (Å²) in [5.74, 6) is 2.60. The molecule has 162 valence electrons.